The third-order valence-electron chi connectivity index (χ3n) is 4.19. The van der Waals surface area contributed by atoms with Gasteiger partial charge in [-0.25, -0.2) is 4.79 Å². The minimum Gasteiger partial charge on any atom is -0.496 e. The van der Waals surface area contributed by atoms with Gasteiger partial charge >= 0.3 is 5.97 Å². The van der Waals surface area contributed by atoms with E-state index in [1.165, 1.54) is 0 Å². The molecule has 0 atom stereocenters. The van der Waals surface area contributed by atoms with E-state index in [0.29, 0.717) is 5.56 Å². The average Bonchev–Trinajstić information content (AvgIpc) is 2.65. The van der Waals surface area contributed by atoms with Crippen LogP contribution in [0.5, 0.6) is 5.75 Å². The largest absolute Gasteiger partial charge is 0.496 e. The number of esters is 1. The molecule has 0 heterocycles. The van der Waals surface area contributed by atoms with Gasteiger partial charge in [0.05, 0.1) is 12.7 Å². The number of carbonyl (C=O) groups is 1. The Morgan fingerprint density at radius 1 is 1.12 bits per heavy atom. The van der Waals surface area contributed by atoms with Crippen LogP contribution in [-0.4, -0.2) is 19.7 Å². The Balaban J connectivity index is 2.20. The summed E-state index contributed by atoms with van der Waals surface area (Å²) < 4.78 is 10.8. The van der Waals surface area contributed by atoms with Crippen molar-refractivity contribution in [3.8, 4) is 16.9 Å². The van der Waals surface area contributed by atoms with Gasteiger partial charge in [0.2, 0.25) is 0 Å². The van der Waals surface area contributed by atoms with Gasteiger partial charge in [0.25, 0.3) is 0 Å². The average molecular weight is 332 g/mol. The van der Waals surface area contributed by atoms with E-state index >= 15 is 0 Å². The molecule has 25 heavy (non-hydrogen) atoms. The van der Waals surface area contributed by atoms with Gasteiger partial charge in [-0.2, -0.15) is 0 Å². The highest BCUT2D eigenvalue weighted by Crippen LogP contribution is 2.39. The molecule has 3 heteroatoms. The molecule has 0 amide bonds. The van der Waals surface area contributed by atoms with Gasteiger partial charge in [0.15, 0.2) is 0 Å². The molecule has 0 saturated carbocycles. The Bertz CT molecular complexity index is 941. The number of hydrogen-bond acceptors (Lipinski definition) is 3. The van der Waals surface area contributed by atoms with E-state index in [2.05, 4.69) is 18.7 Å². The lowest BCUT2D eigenvalue weighted by Gasteiger charge is -2.15. The van der Waals surface area contributed by atoms with Gasteiger partial charge in [-0.15, -0.1) is 0 Å². The molecule has 0 fully saturated rings. The van der Waals surface area contributed by atoms with Crippen molar-refractivity contribution in [3.05, 3.63) is 78.4 Å². The first-order chi connectivity index (χ1) is 12.2. The first-order valence-electron chi connectivity index (χ1n) is 8.10. The number of carbonyl (C=O) groups excluding carboxylic acids is 1. The van der Waals surface area contributed by atoms with Crippen LogP contribution in [0, 0.1) is 6.92 Å². The number of methoxy groups -OCH3 is 1. The summed E-state index contributed by atoms with van der Waals surface area (Å²) in [6, 6.07) is 17.7. The Kier molecular flexibility index (Phi) is 4.85. The zero-order chi connectivity index (χ0) is 17.8. The minimum atomic E-state index is -0.361. The second kappa shape index (κ2) is 7.22. The van der Waals surface area contributed by atoms with Crippen molar-refractivity contribution in [2.45, 2.75) is 6.92 Å². The first kappa shape index (κ1) is 16.8. The monoisotopic (exact) mass is 332 g/mol. The van der Waals surface area contributed by atoms with Crippen molar-refractivity contribution in [2.24, 2.45) is 0 Å². The molecule has 0 N–H and O–H groups in total. The van der Waals surface area contributed by atoms with E-state index in [1.807, 2.05) is 43.3 Å². The lowest BCUT2D eigenvalue weighted by atomic mass is 9.93. The summed E-state index contributed by atoms with van der Waals surface area (Å²) in [5.74, 6) is 0.416. The first-order valence-corrected chi connectivity index (χ1v) is 8.10. The third kappa shape index (κ3) is 3.26. The van der Waals surface area contributed by atoms with Crippen molar-refractivity contribution in [1.82, 2.24) is 0 Å². The Morgan fingerprint density at radius 3 is 2.68 bits per heavy atom. The van der Waals surface area contributed by atoms with E-state index in [-0.39, 0.29) is 12.6 Å². The van der Waals surface area contributed by atoms with Crippen LogP contribution in [-0.2, 0) is 4.74 Å². The molecule has 3 aromatic rings. The van der Waals surface area contributed by atoms with Gasteiger partial charge in [0.1, 0.15) is 12.4 Å². The van der Waals surface area contributed by atoms with Crippen LogP contribution >= 0.6 is 0 Å². The molecule has 0 aliphatic rings. The minimum absolute atomic E-state index is 0.194. The van der Waals surface area contributed by atoms with Crippen LogP contribution in [0.4, 0.5) is 0 Å². The summed E-state index contributed by atoms with van der Waals surface area (Å²) in [6.45, 7) is 5.79. The number of fused-ring (bicyclic) bond motifs is 1. The fourth-order valence-corrected chi connectivity index (χ4v) is 2.94. The predicted molar refractivity (Wildman–Crippen MR) is 101 cm³/mol. The fourth-order valence-electron chi connectivity index (χ4n) is 2.94. The maximum atomic E-state index is 12.2. The number of hydrogen-bond donors (Lipinski definition) is 0. The third-order valence-corrected chi connectivity index (χ3v) is 4.19. The quantitative estimate of drug-likeness (QED) is 0.478. The second-order valence-electron chi connectivity index (χ2n) is 5.78. The molecule has 0 aliphatic carbocycles. The van der Waals surface area contributed by atoms with Crippen molar-refractivity contribution >= 4 is 16.7 Å². The molecule has 0 saturated heterocycles. The lowest BCUT2D eigenvalue weighted by Crippen LogP contribution is -2.05. The molecule has 0 radical (unpaired) electrons. The van der Waals surface area contributed by atoms with Crippen LogP contribution in [0.3, 0.4) is 0 Å². The van der Waals surface area contributed by atoms with Crippen molar-refractivity contribution in [1.29, 1.82) is 0 Å². The van der Waals surface area contributed by atoms with Crippen LogP contribution in [0.1, 0.15) is 15.9 Å². The SMILES string of the molecule is C=CCOC(=O)c1ccc(C)c(-c2c(OC)ccc3ccccc23)c1. The number of rotatable bonds is 5. The zero-order valence-electron chi connectivity index (χ0n) is 14.4. The summed E-state index contributed by atoms with van der Waals surface area (Å²) >= 11 is 0. The summed E-state index contributed by atoms with van der Waals surface area (Å²) in [4.78, 5) is 12.2. The van der Waals surface area contributed by atoms with Gasteiger partial charge < -0.3 is 9.47 Å². The number of benzene rings is 3. The molecule has 0 aromatic heterocycles. The van der Waals surface area contributed by atoms with E-state index in [4.69, 9.17) is 9.47 Å². The molecular formula is C22H20O3. The Hall–Kier alpha value is -3.07. The predicted octanol–water partition coefficient (Wildman–Crippen LogP) is 5.17. The topological polar surface area (TPSA) is 35.5 Å². The van der Waals surface area contributed by atoms with Gasteiger partial charge in [-0.3, -0.25) is 0 Å². The molecule has 0 spiro atoms. The standard InChI is InChI=1S/C22H20O3/c1-4-13-25-22(23)17-10-9-15(2)19(14-17)21-18-8-6-5-7-16(18)11-12-20(21)24-3/h4-12,14H,1,13H2,2-3H3. The smallest absolute Gasteiger partial charge is 0.338 e. The Labute approximate surface area is 147 Å². The maximum Gasteiger partial charge on any atom is 0.338 e. The number of aryl methyl sites for hydroxylation is 1. The van der Waals surface area contributed by atoms with Crippen LogP contribution in [0.2, 0.25) is 0 Å². The molecule has 126 valence electrons. The van der Waals surface area contributed by atoms with E-state index in [9.17, 15) is 4.79 Å². The molecule has 3 nitrogen and oxygen atoms in total. The van der Waals surface area contributed by atoms with E-state index in [1.54, 1.807) is 19.3 Å². The highest BCUT2D eigenvalue weighted by Gasteiger charge is 2.16. The van der Waals surface area contributed by atoms with E-state index in [0.717, 1.165) is 33.2 Å². The molecule has 0 aliphatic heterocycles. The maximum absolute atomic E-state index is 12.2. The summed E-state index contributed by atoms with van der Waals surface area (Å²) in [5.41, 5.74) is 3.52. The Morgan fingerprint density at radius 2 is 1.92 bits per heavy atom. The second-order valence-corrected chi connectivity index (χ2v) is 5.78. The van der Waals surface area contributed by atoms with Gasteiger partial charge in [-0.05, 0) is 47.0 Å². The summed E-state index contributed by atoms with van der Waals surface area (Å²) in [7, 11) is 1.66. The summed E-state index contributed by atoms with van der Waals surface area (Å²) in [6.07, 6.45) is 1.56. The van der Waals surface area contributed by atoms with Crippen molar-refractivity contribution < 1.29 is 14.3 Å². The van der Waals surface area contributed by atoms with Crippen LogP contribution < -0.4 is 4.74 Å². The zero-order valence-corrected chi connectivity index (χ0v) is 14.4. The molecular weight excluding hydrogens is 312 g/mol. The van der Waals surface area contributed by atoms with Gasteiger partial charge in [0, 0.05) is 5.56 Å². The molecule has 3 aromatic carbocycles. The molecule has 0 unspecified atom stereocenters. The number of ether oxygens (including phenoxy) is 2. The van der Waals surface area contributed by atoms with Crippen LogP contribution in [0.15, 0.2) is 67.3 Å². The van der Waals surface area contributed by atoms with Crippen LogP contribution in [0.25, 0.3) is 21.9 Å². The normalized spacial score (nSPS) is 10.5. The lowest BCUT2D eigenvalue weighted by molar-refractivity contribution is 0.0550. The highest BCUT2D eigenvalue weighted by molar-refractivity contribution is 6.02. The summed E-state index contributed by atoms with van der Waals surface area (Å²) in [5, 5.41) is 2.21. The van der Waals surface area contributed by atoms with E-state index < -0.39 is 0 Å². The highest BCUT2D eigenvalue weighted by atomic mass is 16.5. The van der Waals surface area contributed by atoms with Gasteiger partial charge in [-0.1, -0.05) is 49.1 Å². The molecule has 0 bridgehead atoms. The van der Waals surface area contributed by atoms with Crippen molar-refractivity contribution in [2.75, 3.05) is 13.7 Å². The fraction of sp³-hybridized carbons (Fsp3) is 0.136. The molecule has 3 rings (SSSR count). The van der Waals surface area contributed by atoms with Crippen molar-refractivity contribution in [3.63, 3.8) is 0 Å².